The summed E-state index contributed by atoms with van der Waals surface area (Å²) in [4.78, 5) is 9.13. The van der Waals surface area contributed by atoms with E-state index in [0.717, 1.165) is 54.7 Å². The van der Waals surface area contributed by atoms with E-state index in [0.29, 0.717) is 12.1 Å². The van der Waals surface area contributed by atoms with Gasteiger partial charge in [0.25, 0.3) is 0 Å². The highest BCUT2D eigenvalue weighted by atomic mass is 19.4. The first kappa shape index (κ1) is 16.4. The summed E-state index contributed by atoms with van der Waals surface area (Å²) < 4.78 is 41.8. The quantitative estimate of drug-likeness (QED) is 0.707. The highest BCUT2D eigenvalue weighted by Gasteiger charge is 2.33. The number of aliphatic imine (C=N–C) groups is 1. The molecule has 0 atom stereocenters. The zero-order valence-corrected chi connectivity index (χ0v) is 14.1. The summed E-state index contributed by atoms with van der Waals surface area (Å²) in [6.07, 6.45) is 2.80. The Bertz CT molecular complexity index is 827. The van der Waals surface area contributed by atoms with E-state index in [-0.39, 0.29) is 5.92 Å². The Labute approximate surface area is 144 Å². The molecule has 2 aromatic rings. The van der Waals surface area contributed by atoms with E-state index in [1.54, 1.807) is 12.3 Å². The number of alkyl halides is 3. The zero-order chi connectivity index (χ0) is 17.6. The van der Waals surface area contributed by atoms with Crippen LogP contribution in [0.2, 0.25) is 0 Å². The summed E-state index contributed by atoms with van der Waals surface area (Å²) in [5.74, 6) is 1.02. The van der Waals surface area contributed by atoms with Crippen molar-refractivity contribution in [3.63, 3.8) is 0 Å². The lowest BCUT2D eigenvalue weighted by Gasteiger charge is -2.25. The molecule has 1 aliphatic carbocycles. The van der Waals surface area contributed by atoms with E-state index in [1.165, 1.54) is 12.5 Å². The molecule has 4 rings (SSSR count). The van der Waals surface area contributed by atoms with Crippen molar-refractivity contribution < 1.29 is 13.2 Å². The van der Waals surface area contributed by atoms with Gasteiger partial charge in [-0.15, -0.1) is 0 Å². The van der Waals surface area contributed by atoms with E-state index in [2.05, 4.69) is 4.98 Å². The maximum absolute atomic E-state index is 13.3. The fourth-order valence-electron chi connectivity index (χ4n) is 4.01. The van der Waals surface area contributed by atoms with Crippen LogP contribution in [0.4, 0.5) is 13.2 Å². The molecule has 25 heavy (non-hydrogen) atoms. The molecule has 3 nitrogen and oxygen atoms in total. The molecule has 6 heteroatoms. The van der Waals surface area contributed by atoms with Crippen molar-refractivity contribution in [1.29, 1.82) is 0 Å². The summed E-state index contributed by atoms with van der Waals surface area (Å²) in [7, 11) is 0. The molecule has 0 amide bonds. The van der Waals surface area contributed by atoms with Gasteiger partial charge in [0.15, 0.2) is 0 Å². The molecule has 1 aromatic heterocycles. The number of benzene rings is 1. The van der Waals surface area contributed by atoms with Gasteiger partial charge in [0, 0.05) is 29.1 Å². The van der Waals surface area contributed by atoms with E-state index >= 15 is 0 Å². The lowest BCUT2D eigenvalue weighted by atomic mass is 9.82. The molecule has 0 bridgehead atoms. The monoisotopic (exact) mass is 347 g/mol. The Kier molecular flexibility index (Phi) is 3.93. The number of hydrogen-bond donors (Lipinski definition) is 0. The van der Waals surface area contributed by atoms with Crippen LogP contribution in [0.25, 0.3) is 5.69 Å². The molecule has 1 fully saturated rings. The molecule has 0 radical (unpaired) electrons. The van der Waals surface area contributed by atoms with Crippen LogP contribution in [-0.4, -0.2) is 15.3 Å². The lowest BCUT2D eigenvalue weighted by molar-refractivity contribution is -0.137. The third kappa shape index (κ3) is 2.87. The largest absolute Gasteiger partial charge is 0.416 e. The molecule has 1 saturated carbocycles. The number of halogens is 3. The van der Waals surface area contributed by atoms with Gasteiger partial charge in [0.05, 0.1) is 17.8 Å². The van der Waals surface area contributed by atoms with Crippen molar-refractivity contribution >= 4 is 5.71 Å². The van der Waals surface area contributed by atoms with Crippen molar-refractivity contribution in [2.75, 3.05) is 0 Å². The van der Waals surface area contributed by atoms with Crippen LogP contribution < -0.4 is 0 Å². The van der Waals surface area contributed by atoms with Crippen LogP contribution in [0.1, 0.15) is 54.7 Å². The second-order valence-corrected chi connectivity index (χ2v) is 6.92. The summed E-state index contributed by atoms with van der Waals surface area (Å²) in [5, 5.41) is 0. The zero-order valence-electron chi connectivity index (χ0n) is 14.1. The van der Waals surface area contributed by atoms with Crippen LogP contribution in [-0.2, 0) is 12.7 Å². The molecule has 0 spiro atoms. The summed E-state index contributed by atoms with van der Waals surface area (Å²) in [6.45, 7) is 2.33. The first-order valence-electron chi connectivity index (χ1n) is 8.74. The van der Waals surface area contributed by atoms with Crippen molar-refractivity contribution in [3.8, 4) is 5.69 Å². The van der Waals surface area contributed by atoms with Gasteiger partial charge in [-0.2, -0.15) is 13.2 Å². The lowest BCUT2D eigenvalue weighted by Crippen LogP contribution is -2.21. The van der Waals surface area contributed by atoms with Gasteiger partial charge in [0.1, 0.15) is 5.82 Å². The number of fused-ring (bicyclic) bond motifs is 3. The van der Waals surface area contributed by atoms with Gasteiger partial charge in [0.2, 0.25) is 0 Å². The number of hydrogen-bond acceptors (Lipinski definition) is 2. The topological polar surface area (TPSA) is 30.2 Å². The molecular weight excluding hydrogens is 327 g/mol. The van der Waals surface area contributed by atoms with Crippen LogP contribution in [0.5, 0.6) is 0 Å². The maximum Gasteiger partial charge on any atom is 0.416 e. The van der Waals surface area contributed by atoms with E-state index in [4.69, 9.17) is 4.99 Å². The SMILES string of the molecule is Cc1cnc2n1-c1ccc(C(F)(F)F)cc1C(C1CCCCC1)=NC2. The highest BCUT2D eigenvalue weighted by molar-refractivity contribution is 6.05. The molecule has 0 N–H and O–H groups in total. The maximum atomic E-state index is 13.3. The number of nitrogens with zero attached hydrogens (tertiary/aromatic N) is 3. The number of rotatable bonds is 1. The third-order valence-corrected chi connectivity index (χ3v) is 5.23. The second kappa shape index (κ2) is 6.00. The van der Waals surface area contributed by atoms with E-state index < -0.39 is 11.7 Å². The Morgan fingerprint density at radius 1 is 1.12 bits per heavy atom. The number of aryl methyl sites for hydroxylation is 1. The summed E-state index contributed by atoms with van der Waals surface area (Å²) >= 11 is 0. The van der Waals surface area contributed by atoms with Gasteiger partial charge in [-0.05, 0) is 38.0 Å². The molecule has 2 aliphatic rings. The van der Waals surface area contributed by atoms with E-state index in [9.17, 15) is 13.2 Å². The van der Waals surface area contributed by atoms with Gasteiger partial charge < -0.3 is 0 Å². The summed E-state index contributed by atoms with van der Waals surface area (Å²) in [5.41, 5.74) is 2.50. The van der Waals surface area contributed by atoms with Crippen molar-refractivity contribution in [2.45, 2.75) is 51.7 Å². The average molecular weight is 347 g/mol. The van der Waals surface area contributed by atoms with Crippen molar-refractivity contribution in [3.05, 3.63) is 47.0 Å². The molecule has 0 unspecified atom stereocenters. The van der Waals surface area contributed by atoms with Gasteiger partial charge in [-0.1, -0.05) is 19.3 Å². The molecule has 1 aliphatic heterocycles. The normalized spacial score (nSPS) is 18.3. The Morgan fingerprint density at radius 2 is 1.88 bits per heavy atom. The van der Waals surface area contributed by atoms with Crippen molar-refractivity contribution in [1.82, 2.24) is 9.55 Å². The third-order valence-electron chi connectivity index (χ3n) is 5.23. The average Bonchev–Trinajstić information content (AvgIpc) is 2.87. The van der Waals surface area contributed by atoms with Crippen LogP contribution in [0.15, 0.2) is 29.4 Å². The van der Waals surface area contributed by atoms with Crippen LogP contribution >= 0.6 is 0 Å². The Hall–Kier alpha value is -2.11. The van der Waals surface area contributed by atoms with Gasteiger partial charge in [-0.3, -0.25) is 9.56 Å². The number of aromatic nitrogens is 2. The minimum atomic E-state index is -4.36. The first-order valence-corrected chi connectivity index (χ1v) is 8.74. The Balaban J connectivity index is 1.90. The molecule has 132 valence electrons. The predicted octanol–water partition coefficient (Wildman–Crippen LogP) is 5.08. The molecular formula is C19H20F3N3. The highest BCUT2D eigenvalue weighted by Crippen LogP contribution is 2.36. The van der Waals surface area contributed by atoms with Gasteiger partial charge in [-0.25, -0.2) is 4.98 Å². The Morgan fingerprint density at radius 3 is 2.60 bits per heavy atom. The fraction of sp³-hybridized carbons (Fsp3) is 0.474. The second-order valence-electron chi connectivity index (χ2n) is 6.92. The summed E-state index contributed by atoms with van der Waals surface area (Å²) in [6, 6.07) is 4.00. The molecule has 0 saturated heterocycles. The first-order chi connectivity index (χ1) is 11.9. The minimum absolute atomic E-state index is 0.237. The van der Waals surface area contributed by atoms with Crippen molar-refractivity contribution in [2.24, 2.45) is 10.9 Å². The van der Waals surface area contributed by atoms with Crippen LogP contribution in [0, 0.1) is 12.8 Å². The van der Waals surface area contributed by atoms with Gasteiger partial charge >= 0.3 is 6.18 Å². The number of imidazole rings is 1. The molecule has 2 heterocycles. The minimum Gasteiger partial charge on any atom is -0.299 e. The van der Waals surface area contributed by atoms with E-state index in [1.807, 2.05) is 11.5 Å². The predicted molar refractivity (Wildman–Crippen MR) is 90.1 cm³/mol. The molecule has 1 aromatic carbocycles. The van der Waals surface area contributed by atoms with Crippen LogP contribution in [0.3, 0.4) is 0 Å². The fourth-order valence-corrected chi connectivity index (χ4v) is 4.01. The smallest absolute Gasteiger partial charge is 0.299 e. The standard InChI is InChI=1S/C19H20F3N3/c1-12-10-23-17-11-24-18(13-5-3-2-4-6-13)15-9-14(19(20,21)22)7-8-16(15)25(12)17/h7-10,13H,2-6,11H2,1H3.